The zero-order valence-electron chi connectivity index (χ0n) is 11.5. The molecular formula is C14H20N2O4. The molecular weight excluding hydrogens is 260 g/mol. The van der Waals surface area contributed by atoms with Gasteiger partial charge in [0, 0.05) is 12.2 Å². The highest BCUT2D eigenvalue weighted by Gasteiger charge is 2.24. The van der Waals surface area contributed by atoms with Crippen molar-refractivity contribution in [2.24, 2.45) is 0 Å². The molecule has 1 aromatic carbocycles. The lowest BCUT2D eigenvalue weighted by Gasteiger charge is -2.33. The Morgan fingerprint density at radius 2 is 2.25 bits per heavy atom. The Labute approximate surface area is 118 Å². The summed E-state index contributed by atoms with van der Waals surface area (Å²) in [6, 6.07) is 7.06. The number of nitrogens with one attached hydrogen (secondary N) is 1. The topological polar surface area (TPSA) is 71.0 Å². The molecule has 1 aliphatic rings. The Kier molecular flexibility index (Phi) is 5.34. The number of carbonyl (C=O) groups excluding carboxylic acids is 1. The predicted octanol–water partition coefficient (Wildman–Crippen LogP) is 0.327. The van der Waals surface area contributed by atoms with Crippen LogP contribution in [0.2, 0.25) is 0 Å². The number of aliphatic hydroxyl groups excluding tert-OH is 1. The summed E-state index contributed by atoms with van der Waals surface area (Å²) >= 11 is 0. The van der Waals surface area contributed by atoms with Crippen LogP contribution in [-0.2, 0) is 9.53 Å². The van der Waals surface area contributed by atoms with Crippen molar-refractivity contribution < 1.29 is 19.4 Å². The van der Waals surface area contributed by atoms with Crippen molar-refractivity contribution in [1.29, 1.82) is 0 Å². The number of methoxy groups -OCH3 is 1. The highest BCUT2D eigenvalue weighted by molar-refractivity contribution is 5.92. The summed E-state index contributed by atoms with van der Waals surface area (Å²) in [6.07, 6.45) is 0. The molecule has 6 heteroatoms. The Hall–Kier alpha value is -1.63. The van der Waals surface area contributed by atoms with E-state index in [1.165, 1.54) is 0 Å². The van der Waals surface area contributed by atoms with Gasteiger partial charge in [-0.15, -0.1) is 0 Å². The second kappa shape index (κ2) is 7.23. The van der Waals surface area contributed by atoms with E-state index < -0.39 is 0 Å². The van der Waals surface area contributed by atoms with Crippen LogP contribution >= 0.6 is 0 Å². The first-order valence-electron chi connectivity index (χ1n) is 6.59. The average Bonchev–Trinajstić information content (AvgIpc) is 2.48. The highest BCUT2D eigenvalue weighted by Crippen LogP contribution is 2.15. The molecule has 6 nitrogen and oxygen atoms in total. The predicted molar refractivity (Wildman–Crippen MR) is 74.9 cm³/mol. The van der Waals surface area contributed by atoms with Crippen LogP contribution in [0.4, 0.5) is 5.69 Å². The smallest absolute Gasteiger partial charge is 0.238 e. The fraction of sp³-hybridized carbons (Fsp3) is 0.500. The molecule has 0 aromatic heterocycles. The van der Waals surface area contributed by atoms with Gasteiger partial charge in [0.15, 0.2) is 0 Å². The first-order chi connectivity index (χ1) is 9.72. The molecule has 1 amide bonds. The number of anilines is 1. The zero-order chi connectivity index (χ0) is 14.4. The molecule has 110 valence electrons. The maximum Gasteiger partial charge on any atom is 0.238 e. The summed E-state index contributed by atoms with van der Waals surface area (Å²) in [6.45, 7) is 1.95. The van der Waals surface area contributed by atoms with Crippen molar-refractivity contribution >= 4 is 11.6 Å². The van der Waals surface area contributed by atoms with E-state index >= 15 is 0 Å². The van der Waals surface area contributed by atoms with Crippen LogP contribution in [0, 0.1) is 0 Å². The third kappa shape index (κ3) is 3.93. The second-order valence-corrected chi connectivity index (χ2v) is 4.66. The van der Waals surface area contributed by atoms with Crippen LogP contribution < -0.4 is 10.1 Å². The molecule has 0 radical (unpaired) electrons. The van der Waals surface area contributed by atoms with E-state index in [-0.39, 0.29) is 25.1 Å². The number of nitrogens with zero attached hydrogens (tertiary/aromatic N) is 1. The van der Waals surface area contributed by atoms with E-state index in [0.717, 1.165) is 11.4 Å². The normalized spacial score (nSPS) is 19.6. The van der Waals surface area contributed by atoms with Gasteiger partial charge in [0.05, 0.1) is 39.5 Å². The zero-order valence-corrected chi connectivity index (χ0v) is 11.5. The SMILES string of the molecule is COc1ccc(NC(=O)CN2CCOCC2CO)cc1. The highest BCUT2D eigenvalue weighted by atomic mass is 16.5. The molecule has 2 N–H and O–H groups in total. The number of rotatable bonds is 5. The minimum Gasteiger partial charge on any atom is -0.497 e. The lowest BCUT2D eigenvalue weighted by Crippen LogP contribution is -2.50. The van der Waals surface area contributed by atoms with Gasteiger partial charge in [-0.05, 0) is 24.3 Å². The van der Waals surface area contributed by atoms with Gasteiger partial charge in [0.1, 0.15) is 5.75 Å². The van der Waals surface area contributed by atoms with Gasteiger partial charge in [0.2, 0.25) is 5.91 Å². The Morgan fingerprint density at radius 1 is 1.50 bits per heavy atom. The van der Waals surface area contributed by atoms with E-state index in [0.29, 0.717) is 19.8 Å². The van der Waals surface area contributed by atoms with E-state index in [2.05, 4.69) is 5.32 Å². The van der Waals surface area contributed by atoms with E-state index in [1.54, 1.807) is 31.4 Å². The van der Waals surface area contributed by atoms with Gasteiger partial charge < -0.3 is 19.9 Å². The number of aliphatic hydroxyl groups is 1. The largest absolute Gasteiger partial charge is 0.497 e. The monoisotopic (exact) mass is 280 g/mol. The standard InChI is InChI=1S/C14H20N2O4/c1-19-13-4-2-11(3-5-13)15-14(18)8-16-6-7-20-10-12(16)9-17/h2-5,12,17H,6-10H2,1H3,(H,15,18). The van der Waals surface area contributed by atoms with Crippen molar-refractivity contribution in [3.8, 4) is 5.75 Å². The lowest BCUT2D eigenvalue weighted by molar-refractivity contribution is -0.120. The fourth-order valence-electron chi connectivity index (χ4n) is 2.12. The average molecular weight is 280 g/mol. The van der Waals surface area contributed by atoms with Crippen molar-refractivity contribution in [3.05, 3.63) is 24.3 Å². The minimum absolute atomic E-state index is 0.00415. The lowest BCUT2D eigenvalue weighted by atomic mass is 10.2. The third-order valence-electron chi connectivity index (χ3n) is 3.28. The number of benzene rings is 1. The Balaban J connectivity index is 1.87. The molecule has 2 rings (SSSR count). The summed E-state index contributed by atoms with van der Waals surface area (Å²) < 4.78 is 10.3. The molecule has 1 unspecified atom stereocenters. The van der Waals surface area contributed by atoms with E-state index in [4.69, 9.17) is 9.47 Å². The number of amides is 1. The van der Waals surface area contributed by atoms with Gasteiger partial charge in [-0.2, -0.15) is 0 Å². The van der Waals surface area contributed by atoms with Crippen LogP contribution in [0.1, 0.15) is 0 Å². The number of ether oxygens (including phenoxy) is 2. The molecule has 0 bridgehead atoms. The quantitative estimate of drug-likeness (QED) is 0.813. The van der Waals surface area contributed by atoms with Crippen molar-refractivity contribution in [2.75, 3.05) is 45.3 Å². The first kappa shape index (κ1) is 14.8. The summed E-state index contributed by atoms with van der Waals surface area (Å²) in [5, 5.41) is 12.1. The van der Waals surface area contributed by atoms with Crippen LogP contribution in [0.25, 0.3) is 0 Å². The van der Waals surface area contributed by atoms with Gasteiger partial charge in [-0.25, -0.2) is 0 Å². The van der Waals surface area contributed by atoms with Crippen LogP contribution in [-0.4, -0.2) is 62.0 Å². The van der Waals surface area contributed by atoms with Crippen LogP contribution in [0.15, 0.2) is 24.3 Å². The van der Waals surface area contributed by atoms with Gasteiger partial charge >= 0.3 is 0 Å². The van der Waals surface area contributed by atoms with Crippen LogP contribution in [0.5, 0.6) is 5.75 Å². The summed E-state index contributed by atoms with van der Waals surface area (Å²) in [5.41, 5.74) is 0.726. The number of carbonyl (C=O) groups is 1. The van der Waals surface area contributed by atoms with Gasteiger partial charge in [0.25, 0.3) is 0 Å². The summed E-state index contributed by atoms with van der Waals surface area (Å²) in [7, 11) is 1.60. The first-order valence-corrected chi connectivity index (χ1v) is 6.59. The molecule has 0 spiro atoms. The van der Waals surface area contributed by atoms with Crippen molar-refractivity contribution in [2.45, 2.75) is 6.04 Å². The molecule has 1 aromatic rings. The Morgan fingerprint density at radius 3 is 2.90 bits per heavy atom. The van der Waals surface area contributed by atoms with Gasteiger partial charge in [-0.1, -0.05) is 0 Å². The van der Waals surface area contributed by atoms with Crippen molar-refractivity contribution in [3.63, 3.8) is 0 Å². The molecule has 0 aliphatic carbocycles. The van der Waals surface area contributed by atoms with Crippen LogP contribution in [0.3, 0.4) is 0 Å². The third-order valence-corrected chi connectivity index (χ3v) is 3.28. The molecule has 1 heterocycles. The fourth-order valence-corrected chi connectivity index (χ4v) is 2.12. The minimum atomic E-state index is -0.106. The molecule has 1 atom stereocenters. The maximum atomic E-state index is 12.0. The molecule has 1 aliphatic heterocycles. The number of hydrogen-bond donors (Lipinski definition) is 2. The molecule has 20 heavy (non-hydrogen) atoms. The summed E-state index contributed by atoms with van der Waals surface area (Å²) in [4.78, 5) is 13.9. The summed E-state index contributed by atoms with van der Waals surface area (Å²) in [5.74, 6) is 0.645. The van der Waals surface area contributed by atoms with Gasteiger partial charge in [-0.3, -0.25) is 9.69 Å². The number of morpholine rings is 1. The van der Waals surface area contributed by atoms with Crippen molar-refractivity contribution in [1.82, 2.24) is 4.90 Å². The molecule has 0 saturated carbocycles. The van der Waals surface area contributed by atoms with E-state index in [9.17, 15) is 9.90 Å². The maximum absolute atomic E-state index is 12.0. The van der Waals surface area contributed by atoms with E-state index in [1.807, 2.05) is 4.90 Å². The molecule has 1 fully saturated rings. The second-order valence-electron chi connectivity index (χ2n) is 4.66. The molecule has 1 saturated heterocycles. The Bertz CT molecular complexity index is 435. The number of hydrogen-bond acceptors (Lipinski definition) is 5.